The second-order valence-electron chi connectivity index (χ2n) is 2.13. The van der Waals surface area contributed by atoms with E-state index in [0.717, 1.165) is 5.03 Å². The van der Waals surface area contributed by atoms with E-state index < -0.39 is 5.91 Å². The summed E-state index contributed by atoms with van der Waals surface area (Å²) in [6.45, 7) is 0. The van der Waals surface area contributed by atoms with Crippen molar-refractivity contribution < 1.29 is 10.0 Å². The summed E-state index contributed by atoms with van der Waals surface area (Å²) in [5.41, 5.74) is 1.95. The molecule has 1 heterocycles. The molecular weight excluding hydrogens is 178 g/mol. The molecule has 0 atom stereocenters. The zero-order valence-electron chi connectivity index (χ0n) is 6.74. The number of aryl methyl sites for hydroxylation is 1. The molecule has 0 fully saturated rings. The zero-order chi connectivity index (χ0) is 9.14. The number of carbonyl (C=O) groups is 1. The number of amides is 1. The molecule has 1 rings (SSSR count). The Morgan fingerprint density at radius 1 is 1.83 bits per heavy atom. The molecule has 66 valence electrons. The van der Waals surface area contributed by atoms with E-state index in [1.54, 1.807) is 17.2 Å². The fraction of sp³-hybridized carbons (Fsp3) is 0.333. The van der Waals surface area contributed by atoms with Crippen LogP contribution in [0.25, 0.3) is 0 Å². The highest BCUT2D eigenvalue weighted by atomic mass is 32.2. The predicted octanol–water partition coefficient (Wildman–Crippen LogP) is 0.261. The van der Waals surface area contributed by atoms with Crippen LogP contribution in [0.3, 0.4) is 0 Å². The van der Waals surface area contributed by atoms with Crippen LogP contribution >= 0.6 is 11.8 Å². The molecule has 1 aromatic heterocycles. The topological polar surface area (TPSA) is 67.2 Å². The van der Waals surface area contributed by atoms with Crippen LogP contribution in [0.1, 0.15) is 10.4 Å². The van der Waals surface area contributed by atoms with Gasteiger partial charge in [0.05, 0.1) is 11.8 Å². The van der Waals surface area contributed by atoms with E-state index in [9.17, 15) is 4.79 Å². The van der Waals surface area contributed by atoms with Crippen molar-refractivity contribution in [2.24, 2.45) is 7.05 Å². The second kappa shape index (κ2) is 3.59. The first kappa shape index (κ1) is 9.08. The Morgan fingerprint density at radius 3 is 3.00 bits per heavy atom. The van der Waals surface area contributed by atoms with Crippen LogP contribution < -0.4 is 5.48 Å². The maximum atomic E-state index is 11.0. The first-order valence-corrected chi connectivity index (χ1v) is 4.43. The van der Waals surface area contributed by atoms with Crippen molar-refractivity contribution in [3.8, 4) is 0 Å². The Morgan fingerprint density at radius 2 is 2.50 bits per heavy atom. The lowest BCUT2D eigenvalue weighted by atomic mass is 10.3. The Labute approximate surface area is 73.7 Å². The first-order chi connectivity index (χ1) is 5.70. The minimum absolute atomic E-state index is 0.382. The minimum Gasteiger partial charge on any atom is -0.288 e. The largest absolute Gasteiger partial charge is 0.288 e. The average molecular weight is 187 g/mol. The third-order valence-corrected chi connectivity index (χ3v) is 2.29. The van der Waals surface area contributed by atoms with Gasteiger partial charge in [-0.05, 0) is 6.26 Å². The molecule has 0 saturated heterocycles. The Balaban J connectivity index is 3.07. The van der Waals surface area contributed by atoms with Crippen LogP contribution in [0.4, 0.5) is 0 Å². The molecule has 2 N–H and O–H groups in total. The zero-order valence-corrected chi connectivity index (χ0v) is 7.55. The summed E-state index contributed by atoms with van der Waals surface area (Å²) in [6.07, 6.45) is 3.25. The van der Waals surface area contributed by atoms with Crippen molar-refractivity contribution in [2.75, 3.05) is 6.26 Å². The maximum absolute atomic E-state index is 11.0. The molecule has 0 aliphatic heterocycles. The van der Waals surface area contributed by atoms with Crippen molar-refractivity contribution in [1.29, 1.82) is 0 Å². The predicted molar refractivity (Wildman–Crippen MR) is 44.2 cm³/mol. The van der Waals surface area contributed by atoms with Gasteiger partial charge in [-0.1, -0.05) is 0 Å². The van der Waals surface area contributed by atoms with E-state index in [0.29, 0.717) is 5.56 Å². The molecule has 5 nitrogen and oxygen atoms in total. The third kappa shape index (κ3) is 1.44. The number of nitrogens with zero attached hydrogens (tertiary/aromatic N) is 2. The molecular formula is C6H9N3O2S. The van der Waals surface area contributed by atoms with Gasteiger partial charge in [-0.25, -0.2) is 5.48 Å². The lowest BCUT2D eigenvalue weighted by Gasteiger charge is -1.99. The summed E-state index contributed by atoms with van der Waals surface area (Å²) in [4.78, 5) is 11.0. The van der Waals surface area contributed by atoms with Gasteiger partial charge >= 0.3 is 0 Å². The second-order valence-corrected chi connectivity index (χ2v) is 2.93. The van der Waals surface area contributed by atoms with Crippen molar-refractivity contribution in [1.82, 2.24) is 15.3 Å². The highest BCUT2D eigenvalue weighted by molar-refractivity contribution is 7.98. The van der Waals surface area contributed by atoms with Gasteiger partial charge in [0.25, 0.3) is 5.91 Å². The molecule has 0 bridgehead atoms. The van der Waals surface area contributed by atoms with Crippen LogP contribution in [-0.4, -0.2) is 27.2 Å². The normalized spacial score (nSPS) is 9.92. The monoisotopic (exact) mass is 187 g/mol. The molecule has 0 aromatic carbocycles. The standard InChI is InChI=1S/C6H9N3O2S/c1-9-6(12-2)4(3-7-9)5(10)8-11/h3,11H,1-2H3,(H,8,10). The van der Waals surface area contributed by atoms with Crippen molar-refractivity contribution in [3.05, 3.63) is 11.8 Å². The number of carbonyl (C=O) groups excluding carboxylic acids is 1. The van der Waals surface area contributed by atoms with Gasteiger partial charge in [0, 0.05) is 7.05 Å². The molecule has 0 saturated carbocycles. The van der Waals surface area contributed by atoms with Crippen molar-refractivity contribution in [3.63, 3.8) is 0 Å². The quantitative estimate of drug-likeness (QED) is 0.396. The minimum atomic E-state index is -0.535. The smallest absolute Gasteiger partial charge is 0.279 e. The van der Waals surface area contributed by atoms with Gasteiger partial charge in [-0.3, -0.25) is 14.7 Å². The lowest BCUT2D eigenvalue weighted by molar-refractivity contribution is 0.0702. The molecule has 1 amide bonds. The summed E-state index contributed by atoms with van der Waals surface area (Å²) >= 11 is 1.40. The molecule has 0 aliphatic carbocycles. The summed E-state index contributed by atoms with van der Waals surface area (Å²) in [5, 5.41) is 13.0. The molecule has 1 aromatic rings. The fourth-order valence-electron chi connectivity index (χ4n) is 0.884. The van der Waals surface area contributed by atoms with Crippen LogP contribution in [0.5, 0.6) is 0 Å². The molecule has 0 spiro atoms. The van der Waals surface area contributed by atoms with Crippen molar-refractivity contribution in [2.45, 2.75) is 5.03 Å². The highest BCUT2D eigenvalue weighted by Gasteiger charge is 2.13. The van der Waals surface area contributed by atoms with E-state index in [2.05, 4.69) is 5.10 Å². The third-order valence-electron chi connectivity index (χ3n) is 1.42. The molecule has 0 unspecified atom stereocenters. The Kier molecular flexibility index (Phi) is 2.72. The van der Waals surface area contributed by atoms with E-state index in [4.69, 9.17) is 5.21 Å². The summed E-state index contributed by atoms with van der Waals surface area (Å²) < 4.78 is 1.58. The van der Waals surface area contributed by atoms with E-state index in [1.165, 1.54) is 18.0 Å². The highest BCUT2D eigenvalue weighted by Crippen LogP contribution is 2.18. The van der Waals surface area contributed by atoms with Crippen LogP contribution in [0.15, 0.2) is 11.2 Å². The average Bonchev–Trinajstić information content (AvgIpc) is 2.45. The molecule has 0 radical (unpaired) electrons. The van der Waals surface area contributed by atoms with Gasteiger partial charge in [0.1, 0.15) is 5.03 Å². The Hall–Kier alpha value is -1.01. The molecule has 6 heteroatoms. The summed E-state index contributed by atoms with van der Waals surface area (Å²) in [7, 11) is 1.74. The van der Waals surface area contributed by atoms with Crippen LogP contribution in [-0.2, 0) is 7.05 Å². The van der Waals surface area contributed by atoms with Gasteiger partial charge in [-0.2, -0.15) is 5.10 Å². The van der Waals surface area contributed by atoms with Crippen molar-refractivity contribution >= 4 is 17.7 Å². The van der Waals surface area contributed by atoms with E-state index in [1.807, 2.05) is 6.26 Å². The van der Waals surface area contributed by atoms with Gasteiger partial charge in [0.15, 0.2) is 0 Å². The van der Waals surface area contributed by atoms with E-state index >= 15 is 0 Å². The summed E-state index contributed by atoms with van der Waals surface area (Å²) in [5.74, 6) is -0.535. The first-order valence-electron chi connectivity index (χ1n) is 3.21. The number of aromatic nitrogens is 2. The van der Waals surface area contributed by atoms with Gasteiger partial charge < -0.3 is 0 Å². The molecule has 12 heavy (non-hydrogen) atoms. The van der Waals surface area contributed by atoms with Crippen LogP contribution in [0, 0.1) is 0 Å². The van der Waals surface area contributed by atoms with Crippen LogP contribution in [0.2, 0.25) is 0 Å². The van der Waals surface area contributed by atoms with E-state index in [-0.39, 0.29) is 0 Å². The van der Waals surface area contributed by atoms with Gasteiger partial charge in [-0.15, -0.1) is 11.8 Å². The summed E-state index contributed by atoms with van der Waals surface area (Å²) in [6, 6.07) is 0. The number of rotatable bonds is 2. The maximum Gasteiger partial charge on any atom is 0.279 e. The fourth-order valence-corrected chi connectivity index (χ4v) is 1.56. The number of hydrogen-bond acceptors (Lipinski definition) is 4. The van der Waals surface area contributed by atoms with Gasteiger partial charge in [0.2, 0.25) is 0 Å². The number of hydrogen-bond donors (Lipinski definition) is 2. The SMILES string of the molecule is CSc1c(C(=O)NO)cnn1C. The molecule has 0 aliphatic rings. The number of thioether (sulfide) groups is 1. The Bertz CT molecular complexity index is 297. The lowest BCUT2D eigenvalue weighted by Crippen LogP contribution is -2.18. The number of nitrogens with one attached hydrogen (secondary N) is 1. The number of hydroxylamine groups is 1.